The Hall–Kier alpha value is -2.65. The summed E-state index contributed by atoms with van der Waals surface area (Å²) >= 11 is 0. The zero-order valence-corrected chi connectivity index (χ0v) is 14.1. The summed E-state index contributed by atoms with van der Waals surface area (Å²) in [6, 6.07) is 24.8. The third-order valence-electron chi connectivity index (χ3n) is 4.26. The molecule has 2 N–H and O–H groups in total. The number of benzene rings is 3. The van der Waals surface area contributed by atoms with Crippen molar-refractivity contribution in [3.63, 3.8) is 0 Å². The zero-order chi connectivity index (χ0) is 17.5. The largest absolute Gasteiger partial charge is 0.489 e. The highest BCUT2D eigenvalue weighted by molar-refractivity contribution is 5.31. The second kappa shape index (κ2) is 8.45. The number of nitrogens with two attached hydrogens (primary N) is 1. The molecule has 0 aliphatic rings. The molecule has 0 aliphatic heterocycles. The highest BCUT2D eigenvalue weighted by Gasteiger charge is 2.11. The molecule has 25 heavy (non-hydrogen) atoms. The average molecular weight is 335 g/mol. The van der Waals surface area contributed by atoms with Crippen LogP contribution in [0.3, 0.4) is 0 Å². The minimum atomic E-state index is -0.210. The van der Waals surface area contributed by atoms with E-state index in [1.807, 2.05) is 60.7 Å². The maximum Gasteiger partial charge on any atom is 0.123 e. The Kier molecular flexibility index (Phi) is 5.81. The fourth-order valence-electron chi connectivity index (χ4n) is 2.86. The van der Waals surface area contributed by atoms with E-state index >= 15 is 0 Å². The van der Waals surface area contributed by atoms with E-state index in [1.54, 1.807) is 12.1 Å². The summed E-state index contributed by atoms with van der Waals surface area (Å²) in [4.78, 5) is 0. The first-order valence-corrected chi connectivity index (χ1v) is 8.46. The van der Waals surface area contributed by atoms with Crippen molar-refractivity contribution < 1.29 is 9.13 Å². The molecule has 0 aliphatic carbocycles. The number of halogens is 1. The summed E-state index contributed by atoms with van der Waals surface area (Å²) in [6.45, 7) is 1.06. The molecule has 1 atom stereocenters. The van der Waals surface area contributed by atoms with Gasteiger partial charge in [0, 0.05) is 5.92 Å². The van der Waals surface area contributed by atoms with Crippen LogP contribution in [-0.2, 0) is 13.0 Å². The molecular weight excluding hydrogens is 313 g/mol. The Labute approximate surface area is 148 Å². The van der Waals surface area contributed by atoms with Crippen molar-refractivity contribution in [2.45, 2.75) is 18.9 Å². The molecule has 0 fully saturated rings. The summed E-state index contributed by atoms with van der Waals surface area (Å²) in [5.41, 5.74) is 9.17. The van der Waals surface area contributed by atoms with Gasteiger partial charge in [0.05, 0.1) is 0 Å². The van der Waals surface area contributed by atoms with Crippen LogP contribution in [0.5, 0.6) is 5.75 Å². The van der Waals surface area contributed by atoms with E-state index in [-0.39, 0.29) is 11.7 Å². The van der Waals surface area contributed by atoms with E-state index in [9.17, 15) is 4.39 Å². The number of ether oxygens (including phenoxy) is 1. The second-order valence-corrected chi connectivity index (χ2v) is 6.11. The van der Waals surface area contributed by atoms with Crippen LogP contribution in [0.25, 0.3) is 0 Å². The van der Waals surface area contributed by atoms with Gasteiger partial charge >= 0.3 is 0 Å². The minimum Gasteiger partial charge on any atom is -0.489 e. The smallest absolute Gasteiger partial charge is 0.123 e. The van der Waals surface area contributed by atoms with E-state index in [0.717, 1.165) is 28.9 Å². The first-order chi connectivity index (χ1) is 12.2. The maximum atomic E-state index is 13.4. The molecule has 0 spiro atoms. The topological polar surface area (TPSA) is 35.2 Å². The van der Waals surface area contributed by atoms with Crippen molar-refractivity contribution in [1.82, 2.24) is 0 Å². The van der Waals surface area contributed by atoms with Crippen LogP contribution in [0.2, 0.25) is 0 Å². The van der Waals surface area contributed by atoms with Gasteiger partial charge in [0.25, 0.3) is 0 Å². The molecule has 3 heteroatoms. The van der Waals surface area contributed by atoms with E-state index in [1.165, 1.54) is 6.07 Å². The molecule has 2 nitrogen and oxygen atoms in total. The van der Waals surface area contributed by atoms with Gasteiger partial charge in [-0.05, 0) is 53.9 Å². The van der Waals surface area contributed by atoms with Crippen LogP contribution in [-0.4, -0.2) is 6.54 Å². The molecule has 3 aromatic carbocycles. The predicted octanol–water partition coefficient (Wildman–Crippen LogP) is 4.69. The minimum absolute atomic E-state index is 0.157. The van der Waals surface area contributed by atoms with E-state index < -0.39 is 0 Å². The van der Waals surface area contributed by atoms with Crippen LogP contribution in [0.15, 0.2) is 78.9 Å². The van der Waals surface area contributed by atoms with Gasteiger partial charge < -0.3 is 10.5 Å². The van der Waals surface area contributed by atoms with E-state index in [4.69, 9.17) is 10.5 Å². The van der Waals surface area contributed by atoms with Crippen LogP contribution in [0.4, 0.5) is 4.39 Å². The summed E-state index contributed by atoms with van der Waals surface area (Å²) in [7, 11) is 0. The molecule has 0 saturated carbocycles. The Bertz CT molecular complexity index is 787. The highest BCUT2D eigenvalue weighted by Crippen LogP contribution is 2.23. The van der Waals surface area contributed by atoms with Crippen LogP contribution in [0.1, 0.15) is 22.6 Å². The van der Waals surface area contributed by atoms with Gasteiger partial charge in [0.1, 0.15) is 18.2 Å². The third kappa shape index (κ3) is 4.91. The number of hydrogen-bond acceptors (Lipinski definition) is 2. The lowest BCUT2D eigenvalue weighted by molar-refractivity contribution is 0.306. The van der Waals surface area contributed by atoms with Crippen molar-refractivity contribution in [3.8, 4) is 5.75 Å². The molecule has 0 aromatic heterocycles. The van der Waals surface area contributed by atoms with Crippen molar-refractivity contribution in [3.05, 3.63) is 101 Å². The van der Waals surface area contributed by atoms with Crippen molar-refractivity contribution in [2.75, 3.05) is 6.54 Å². The van der Waals surface area contributed by atoms with Crippen molar-refractivity contribution in [2.24, 2.45) is 5.73 Å². The molecule has 3 aromatic rings. The highest BCUT2D eigenvalue weighted by atomic mass is 19.1. The summed E-state index contributed by atoms with van der Waals surface area (Å²) in [6.07, 6.45) is 0.721. The quantitative estimate of drug-likeness (QED) is 0.680. The first-order valence-electron chi connectivity index (χ1n) is 8.46. The van der Waals surface area contributed by atoms with Gasteiger partial charge in [-0.15, -0.1) is 0 Å². The molecule has 3 rings (SSSR count). The Morgan fingerprint density at radius 2 is 1.56 bits per heavy atom. The summed E-state index contributed by atoms with van der Waals surface area (Å²) in [5, 5.41) is 0. The van der Waals surface area contributed by atoms with Gasteiger partial charge in [0.15, 0.2) is 0 Å². The fourth-order valence-corrected chi connectivity index (χ4v) is 2.86. The fraction of sp³-hybridized carbons (Fsp3) is 0.182. The van der Waals surface area contributed by atoms with E-state index in [2.05, 4.69) is 0 Å². The number of hydrogen-bond donors (Lipinski definition) is 1. The Morgan fingerprint density at radius 3 is 2.24 bits per heavy atom. The molecule has 0 bridgehead atoms. The van der Waals surface area contributed by atoms with Gasteiger partial charge in [0.2, 0.25) is 0 Å². The molecule has 128 valence electrons. The maximum absolute atomic E-state index is 13.4. The van der Waals surface area contributed by atoms with Gasteiger partial charge in [-0.1, -0.05) is 54.6 Å². The zero-order valence-electron chi connectivity index (χ0n) is 14.1. The standard InChI is InChI=1S/C22H22FNO/c23-21-8-4-7-18(14-21)13-20(15-24)19-9-11-22(12-10-19)25-16-17-5-2-1-3-6-17/h1-12,14,20H,13,15-16,24H2. The molecule has 1 unspecified atom stereocenters. The first kappa shape index (κ1) is 17.2. The molecule has 0 heterocycles. The van der Waals surface area contributed by atoms with Gasteiger partial charge in [-0.2, -0.15) is 0 Å². The monoisotopic (exact) mass is 335 g/mol. The predicted molar refractivity (Wildman–Crippen MR) is 99.1 cm³/mol. The Morgan fingerprint density at radius 1 is 0.840 bits per heavy atom. The van der Waals surface area contributed by atoms with Crippen molar-refractivity contribution in [1.29, 1.82) is 0 Å². The van der Waals surface area contributed by atoms with Gasteiger partial charge in [-0.25, -0.2) is 4.39 Å². The van der Waals surface area contributed by atoms with Crippen molar-refractivity contribution >= 4 is 0 Å². The SMILES string of the molecule is NCC(Cc1cccc(F)c1)c1ccc(OCc2ccccc2)cc1. The molecular formula is C22H22FNO. The average Bonchev–Trinajstić information content (AvgIpc) is 2.66. The van der Waals surface area contributed by atoms with Crippen LogP contribution in [0, 0.1) is 5.82 Å². The Balaban J connectivity index is 1.63. The normalized spacial score (nSPS) is 11.9. The molecule has 0 radical (unpaired) electrons. The van der Waals surface area contributed by atoms with Crippen LogP contribution >= 0.6 is 0 Å². The lowest BCUT2D eigenvalue weighted by atomic mass is 9.92. The lowest BCUT2D eigenvalue weighted by Crippen LogP contribution is -2.15. The third-order valence-corrected chi connectivity index (χ3v) is 4.26. The number of rotatable bonds is 7. The molecule has 0 amide bonds. The van der Waals surface area contributed by atoms with Crippen LogP contribution < -0.4 is 10.5 Å². The second-order valence-electron chi connectivity index (χ2n) is 6.11. The van der Waals surface area contributed by atoms with Gasteiger partial charge in [-0.3, -0.25) is 0 Å². The van der Waals surface area contributed by atoms with E-state index in [0.29, 0.717) is 13.2 Å². The lowest BCUT2D eigenvalue weighted by Gasteiger charge is -2.16. The summed E-state index contributed by atoms with van der Waals surface area (Å²) in [5.74, 6) is 0.775. The molecule has 0 saturated heterocycles. The summed E-state index contributed by atoms with van der Waals surface area (Å²) < 4.78 is 19.2.